The first kappa shape index (κ1) is 22.4. The number of pyridine rings is 1. The molecule has 2 aliphatic rings. The first-order valence-corrected chi connectivity index (χ1v) is 12.1. The van der Waals surface area contributed by atoms with Gasteiger partial charge in [0.1, 0.15) is 11.9 Å². The maximum atomic E-state index is 14.7. The number of hydrogen-bond acceptors (Lipinski definition) is 8. The first-order chi connectivity index (χ1) is 17.3. The highest BCUT2D eigenvalue weighted by Gasteiger charge is 2.34. The van der Waals surface area contributed by atoms with Crippen LogP contribution < -0.4 is 15.5 Å². The van der Waals surface area contributed by atoms with Gasteiger partial charge in [-0.05, 0) is 45.7 Å². The number of aromatic nitrogens is 5. The van der Waals surface area contributed by atoms with Gasteiger partial charge in [-0.2, -0.15) is 15.0 Å². The van der Waals surface area contributed by atoms with Gasteiger partial charge in [0.25, 0.3) is 5.91 Å². The molecule has 0 amide bonds. The van der Waals surface area contributed by atoms with Crippen molar-refractivity contribution in [3.8, 4) is 6.07 Å². The topological polar surface area (TPSA) is 116 Å². The number of rotatable bonds is 4. The van der Waals surface area contributed by atoms with Crippen molar-refractivity contribution >= 4 is 39.6 Å². The number of anilines is 3. The Balaban J connectivity index is 1.49. The fraction of sp³-hybridized carbons (Fsp3) is 0.400. The molecule has 1 aliphatic carbocycles. The van der Waals surface area contributed by atoms with Gasteiger partial charge in [-0.15, -0.1) is 5.10 Å². The van der Waals surface area contributed by atoms with E-state index in [1.165, 1.54) is 15.3 Å². The highest BCUT2D eigenvalue weighted by atomic mass is 19.1. The Morgan fingerprint density at radius 3 is 2.64 bits per heavy atom. The third kappa shape index (κ3) is 3.83. The van der Waals surface area contributed by atoms with E-state index >= 15 is 0 Å². The molecular weight excluding hydrogens is 461 g/mol. The predicted molar refractivity (Wildman–Crippen MR) is 133 cm³/mol. The number of hydrogen-bond donors (Lipinski definition) is 2. The standard InChI is InChI=1S/C25H26FN9O/c1-13-10-33(11-14(2)28-13)19-6-17(9-27)22-21(8-19)35(25(36)16-4-5-16)32-23(22)30-18-7-20(26)24-29-15(3)31-34(24)12-18/h6-8,12-14,16,28H,4-5,10-11H2,1-3H3,(H,30,32)/t13-,14+. The maximum Gasteiger partial charge on any atom is 0.250 e. The molecule has 36 heavy (non-hydrogen) atoms. The van der Waals surface area contributed by atoms with E-state index in [4.69, 9.17) is 0 Å². The van der Waals surface area contributed by atoms with Crippen LogP contribution in [0.15, 0.2) is 24.4 Å². The smallest absolute Gasteiger partial charge is 0.250 e. The average Bonchev–Trinajstić information content (AvgIpc) is 3.52. The summed E-state index contributed by atoms with van der Waals surface area (Å²) in [5, 5.41) is 26.1. The summed E-state index contributed by atoms with van der Waals surface area (Å²) in [7, 11) is 0. The molecule has 2 N–H and O–H groups in total. The van der Waals surface area contributed by atoms with Crippen molar-refractivity contribution in [1.29, 1.82) is 5.26 Å². The van der Waals surface area contributed by atoms with Gasteiger partial charge in [0, 0.05) is 42.8 Å². The van der Waals surface area contributed by atoms with Crippen molar-refractivity contribution in [1.82, 2.24) is 29.7 Å². The quantitative estimate of drug-likeness (QED) is 0.450. The Morgan fingerprint density at radius 1 is 1.19 bits per heavy atom. The average molecular weight is 488 g/mol. The van der Waals surface area contributed by atoms with E-state index in [0.717, 1.165) is 31.6 Å². The number of halogens is 1. The molecule has 184 valence electrons. The number of fused-ring (bicyclic) bond motifs is 2. The Bertz CT molecular complexity index is 1550. The monoisotopic (exact) mass is 487 g/mol. The zero-order chi connectivity index (χ0) is 25.1. The van der Waals surface area contributed by atoms with Gasteiger partial charge in [-0.3, -0.25) is 4.79 Å². The van der Waals surface area contributed by atoms with Gasteiger partial charge in [-0.25, -0.2) is 13.9 Å². The summed E-state index contributed by atoms with van der Waals surface area (Å²) >= 11 is 0. The second-order valence-corrected chi connectivity index (χ2v) is 9.87. The molecule has 1 saturated heterocycles. The predicted octanol–water partition coefficient (Wildman–Crippen LogP) is 3.38. The summed E-state index contributed by atoms with van der Waals surface area (Å²) in [4.78, 5) is 19.5. The Morgan fingerprint density at radius 2 is 1.94 bits per heavy atom. The van der Waals surface area contributed by atoms with Gasteiger partial charge in [-0.1, -0.05) is 0 Å². The Hall–Kier alpha value is -4.04. The first-order valence-electron chi connectivity index (χ1n) is 12.1. The number of benzene rings is 1. The van der Waals surface area contributed by atoms with Crippen LogP contribution in [0.3, 0.4) is 0 Å². The van der Waals surface area contributed by atoms with Crippen molar-refractivity contribution < 1.29 is 9.18 Å². The van der Waals surface area contributed by atoms with Crippen molar-refractivity contribution in [2.45, 2.75) is 45.7 Å². The molecule has 0 radical (unpaired) electrons. The van der Waals surface area contributed by atoms with Crippen molar-refractivity contribution in [2.75, 3.05) is 23.3 Å². The highest BCUT2D eigenvalue weighted by Crippen LogP contribution is 2.37. The summed E-state index contributed by atoms with van der Waals surface area (Å²) < 4.78 is 17.5. The Labute approximate surface area is 206 Å². The van der Waals surface area contributed by atoms with E-state index in [0.29, 0.717) is 33.8 Å². The van der Waals surface area contributed by atoms with Crippen LogP contribution in [0, 0.1) is 30.0 Å². The maximum absolute atomic E-state index is 14.7. The minimum atomic E-state index is -0.539. The van der Waals surface area contributed by atoms with Crippen LogP contribution in [-0.2, 0) is 0 Å². The fourth-order valence-electron chi connectivity index (χ4n) is 5.06. The Kier molecular flexibility index (Phi) is 5.15. The van der Waals surface area contributed by atoms with Crippen LogP contribution >= 0.6 is 0 Å². The van der Waals surface area contributed by atoms with Crippen LogP contribution in [0.5, 0.6) is 0 Å². The molecule has 10 nitrogen and oxygen atoms in total. The summed E-state index contributed by atoms with van der Waals surface area (Å²) in [6, 6.07) is 7.95. The lowest BCUT2D eigenvalue weighted by Gasteiger charge is -2.37. The number of nitrogens with one attached hydrogen (secondary N) is 2. The fourth-order valence-corrected chi connectivity index (χ4v) is 5.06. The number of aryl methyl sites for hydroxylation is 1. The largest absolute Gasteiger partial charge is 0.368 e. The summed E-state index contributed by atoms with van der Waals surface area (Å²) in [6.45, 7) is 7.51. The van der Waals surface area contributed by atoms with Crippen molar-refractivity contribution in [2.24, 2.45) is 5.92 Å². The van der Waals surface area contributed by atoms with E-state index in [1.54, 1.807) is 13.1 Å². The van der Waals surface area contributed by atoms with Gasteiger partial charge in [0.15, 0.2) is 17.3 Å². The molecule has 0 bridgehead atoms. The molecule has 4 aromatic rings. The summed E-state index contributed by atoms with van der Waals surface area (Å²) in [5.74, 6) is 0.0699. The third-order valence-electron chi connectivity index (χ3n) is 6.70. The molecule has 2 atom stereocenters. The van der Waals surface area contributed by atoms with E-state index in [9.17, 15) is 14.4 Å². The van der Waals surface area contributed by atoms with E-state index in [1.807, 2.05) is 12.1 Å². The van der Waals surface area contributed by atoms with Crippen LogP contribution in [0.1, 0.15) is 42.9 Å². The third-order valence-corrected chi connectivity index (χ3v) is 6.70. The number of carbonyl (C=O) groups excluding carboxylic acids is 1. The second kappa shape index (κ2) is 8.27. The highest BCUT2D eigenvalue weighted by molar-refractivity contribution is 6.03. The minimum absolute atomic E-state index is 0.0682. The van der Waals surface area contributed by atoms with Gasteiger partial charge >= 0.3 is 0 Å². The van der Waals surface area contributed by atoms with E-state index in [-0.39, 0.29) is 29.6 Å². The van der Waals surface area contributed by atoms with Gasteiger partial charge in [0.2, 0.25) is 0 Å². The molecule has 11 heteroatoms. The molecule has 2 fully saturated rings. The van der Waals surface area contributed by atoms with Crippen LogP contribution in [-0.4, -0.2) is 55.5 Å². The summed E-state index contributed by atoms with van der Waals surface area (Å²) in [5.41, 5.74) is 2.35. The lowest BCUT2D eigenvalue weighted by molar-refractivity contribution is 0.0876. The summed E-state index contributed by atoms with van der Waals surface area (Å²) in [6.07, 6.45) is 3.26. The van der Waals surface area contributed by atoms with E-state index < -0.39 is 5.82 Å². The number of carbonyl (C=O) groups is 1. The molecule has 1 aliphatic heterocycles. The molecule has 4 heterocycles. The van der Waals surface area contributed by atoms with Crippen molar-refractivity contribution in [3.63, 3.8) is 0 Å². The number of piperazine rings is 1. The molecule has 6 rings (SSSR count). The molecule has 3 aromatic heterocycles. The lowest BCUT2D eigenvalue weighted by atomic mass is 10.1. The molecule has 1 saturated carbocycles. The second-order valence-electron chi connectivity index (χ2n) is 9.87. The van der Waals surface area contributed by atoms with Gasteiger partial charge in [0.05, 0.1) is 28.4 Å². The van der Waals surface area contributed by atoms with Crippen molar-refractivity contribution in [3.05, 3.63) is 41.6 Å². The lowest BCUT2D eigenvalue weighted by Crippen LogP contribution is -2.54. The van der Waals surface area contributed by atoms with Crippen LogP contribution in [0.2, 0.25) is 0 Å². The van der Waals surface area contributed by atoms with E-state index in [2.05, 4.69) is 50.6 Å². The minimum Gasteiger partial charge on any atom is -0.368 e. The van der Waals surface area contributed by atoms with Gasteiger partial charge < -0.3 is 15.5 Å². The molecule has 1 aromatic carbocycles. The molecular formula is C25H26FN9O. The van der Waals surface area contributed by atoms with Crippen LogP contribution in [0.25, 0.3) is 16.6 Å². The number of nitriles is 1. The zero-order valence-electron chi connectivity index (χ0n) is 20.3. The zero-order valence-corrected chi connectivity index (χ0v) is 20.3. The van der Waals surface area contributed by atoms with Crippen LogP contribution in [0.4, 0.5) is 21.6 Å². The number of nitrogens with zero attached hydrogens (tertiary/aromatic N) is 7. The molecule has 0 spiro atoms. The molecule has 0 unspecified atom stereocenters. The SMILES string of the molecule is Cc1nc2c(F)cc(Nc3nn(C(=O)C4CC4)c4cc(N5C[C@@H](C)N[C@@H](C)C5)cc(C#N)c34)cn2n1. The normalized spacial score (nSPS) is 20.1.